The van der Waals surface area contributed by atoms with E-state index in [4.69, 9.17) is 27.9 Å². The fourth-order valence-electron chi connectivity index (χ4n) is 2.31. The molecule has 3 aromatic rings. The third-order valence-corrected chi connectivity index (χ3v) is 4.22. The van der Waals surface area contributed by atoms with Crippen molar-refractivity contribution in [2.75, 3.05) is 5.32 Å². The largest absolute Gasteiger partial charge is 0.487 e. The third-order valence-electron chi connectivity index (χ3n) is 3.59. The minimum absolute atomic E-state index is 0.498. The summed E-state index contributed by atoms with van der Waals surface area (Å²) in [6, 6.07) is 23.5. The molecule has 0 fully saturated rings. The van der Waals surface area contributed by atoms with Crippen molar-refractivity contribution in [1.29, 1.82) is 0 Å². The maximum Gasteiger partial charge on any atom is 0.138 e. The van der Waals surface area contributed by atoms with Crippen LogP contribution in [0, 0.1) is 0 Å². The van der Waals surface area contributed by atoms with Gasteiger partial charge in [-0.15, -0.1) is 0 Å². The number of ether oxygens (including phenoxy) is 1. The predicted octanol–water partition coefficient (Wildman–Crippen LogP) is 6.18. The SMILES string of the molecule is Clc1ccccc1NCc1ccc(OCc2ccccc2)c(Cl)c1. The molecule has 0 amide bonds. The average Bonchev–Trinajstić information content (AvgIpc) is 2.61. The van der Waals surface area contributed by atoms with E-state index in [0.717, 1.165) is 16.8 Å². The second kappa shape index (κ2) is 8.09. The van der Waals surface area contributed by atoms with Gasteiger partial charge in [-0.05, 0) is 35.4 Å². The summed E-state index contributed by atoms with van der Waals surface area (Å²) in [6.45, 7) is 1.14. The van der Waals surface area contributed by atoms with Gasteiger partial charge < -0.3 is 10.1 Å². The molecular weight excluding hydrogens is 341 g/mol. The van der Waals surface area contributed by atoms with Crippen LogP contribution in [0.5, 0.6) is 5.75 Å². The maximum atomic E-state index is 6.33. The molecule has 0 aliphatic rings. The molecule has 0 saturated carbocycles. The van der Waals surface area contributed by atoms with Crippen molar-refractivity contribution in [3.8, 4) is 5.75 Å². The topological polar surface area (TPSA) is 21.3 Å². The fraction of sp³-hybridized carbons (Fsp3) is 0.100. The van der Waals surface area contributed by atoms with Gasteiger partial charge in [0.15, 0.2) is 0 Å². The van der Waals surface area contributed by atoms with Crippen LogP contribution in [0.2, 0.25) is 10.0 Å². The van der Waals surface area contributed by atoms with E-state index >= 15 is 0 Å². The lowest BCUT2D eigenvalue weighted by Crippen LogP contribution is -2.01. The molecule has 1 N–H and O–H groups in total. The smallest absolute Gasteiger partial charge is 0.138 e. The first-order valence-corrected chi connectivity index (χ1v) is 8.41. The van der Waals surface area contributed by atoms with Gasteiger partial charge in [0, 0.05) is 6.54 Å². The van der Waals surface area contributed by atoms with E-state index in [0.29, 0.717) is 28.9 Å². The summed E-state index contributed by atoms with van der Waals surface area (Å²) >= 11 is 12.5. The van der Waals surface area contributed by atoms with E-state index in [1.54, 1.807) is 0 Å². The molecule has 0 spiro atoms. The highest BCUT2D eigenvalue weighted by Crippen LogP contribution is 2.27. The van der Waals surface area contributed by atoms with Gasteiger partial charge in [0.05, 0.1) is 15.7 Å². The van der Waals surface area contributed by atoms with Gasteiger partial charge >= 0.3 is 0 Å². The zero-order valence-electron chi connectivity index (χ0n) is 13.0. The molecule has 0 radical (unpaired) electrons. The van der Waals surface area contributed by atoms with Crippen molar-refractivity contribution < 1.29 is 4.74 Å². The monoisotopic (exact) mass is 357 g/mol. The normalized spacial score (nSPS) is 10.4. The van der Waals surface area contributed by atoms with Crippen molar-refractivity contribution in [3.05, 3.63) is 94.0 Å². The molecule has 2 nitrogen and oxygen atoms in total. The second-order valence-corrected chi connectivity index (χ2v) is 6.19. The molecule has 0 aromatic heterocycles. The van der Waals surface area contributed by atoms with E-state index in [1.165, 1.54) is 0 Å². The number of anilines is 1. The molecule has 0 aliphatic heterocycles. The van der Waals surface area contributed by atoms with Crippen molar-refractivity contribution >= 4 is 28.9 Å². The molecule has 0 heterocycles. The Morgan fingerprint density at radius 3 is 2.25 bits per heavy atom. The standard InChI is InChI=1S/C20H17Cl2NO/c21-17-8-4-5-9-19(17)23-13-16-10-11-20(18(22)12-16)24-14-15-6-2-1-3-7-15/h1-12,23H,13-14H2. The number of hydrogen-bond donors (Lipinski definition) is 1. The van der Waals surface area contributed by atoms with Crippen molar-refractivity contribution in [2.45, 2.75) is 13.2 Å². The fourth-order valence-corrected chi connectivity index (χ4v) is 2.77. The summed E-state index contributed by atoms with van der Waals surface area (Å²) in [6.07, 6.45) is 0. The molecule has 0 unspecified atom stereocenters. The Morgan fingerprint density at radius 2 is 1.50 bits per heavy atom. The summed E-state index contributed by atoms with van der Waals surface area (Å²) in [5.41, 5.74) is 3.07. The molecular formula is C20H17Cl2NO. The molecule has 3 aromatic carbocycles. The first-order chi connectivity index (χ1) is 11.7. The number of benzene rings is 3. The Bertz CT molecular complexity index is 806. The van der Waals surface area contributed by atoms with Crippen molar-refractivity contribution in [3.63, 3.8) is 0 Å². The number of hydrogen-bond acceptors (Lipinski definition) is 2. The van der Waals surface area contributed by atoms with Gasteiger partial charge in [0.2, 0.25) is 0 Å². The van der Waals surface area contributed by atoms with Gasteiger partial charge in [0.25, 0.3) is 0 Å². The second-order valence-electron chi connectivity index (χ2n) is 5.37. The van der Waals surface area contributed by atoms with Gasteiger partial charge in [-0.1, -0.05) is 71.7 Å². The van der Waals surface area contributed by atoms with Crippen molar-refractivity contribution in [2.24, 2.45) is 0 Å². The Balaban J connectivity index is 1.61. The minimum atomic E-state index is 0.498. The highest BCUT2D eigenvalue weighted by Gasteiger charge is 2.05. The van der Waals surface area contributed by atoms with E-state index in [1.807, 2.05) is 72.8 Å². The quantitative estimate of drug-likeness (QED) is 0.568. The summed E-state index contributed by atoms with van der Waals surface area (Å²) in [4.78, 5) is 0. The van der Waals surface area contributed by atoms with E-state index in [9.17, 15) is 0 Å². The number of nitrogens with one attached hydrogen (secondary N) is 1. The van der Waals surface area contributed by atoms with Crippen LogP contribution in [0.25, 0.3) is 0 Å². The van der Waals surface area contributed by atoms with E-state index < -0.39 is 0 Å². The van der Waals surface area contributed by atoms with Crippen LogP contribution >= 0.6 is 23.2 Å². The van der Waals surface area contributed by atoms with Gasteiger partial charge in [-0.2, -0.15) is 0 Å². The van der Waals surface area contributed by atoms with E-state index in [2.05, 4.69) is 5.32 Å². The Kier molecular flexibility index (Phi) is 5.63. The number of para-hydroxylation sites is 1. The predicted molar refractivity (Wildman–Crippen MR) is 101 cm³/mol. The van der Waals surface area contributed by atoms with Crippen LogP contribution in [0.3, 0.4) is 0 Å². The Labute approximate surface area is 152 Å². The Morgan fingerprint density at radius 1 is 0.750 bits per heavy atom. The maximum absolute atomic E-state index is 6.33. The molecule has 0 saturated heterocycles. The van der Waals surface area contributed by atoms with E-state index in [-0.39, 0.29) is 0 Å². The molecule has 0 bridgehead atoms. The van der Waals surface area contributed by atoms with Crippen LogP contribution in [-0.4, -0.2) is 0 Å². The van der Waals surface area contributed by atoms with Crippen molar-refractivity contribution in [1.82, 2.24) is 0 Å². The molecule has 0 aliphatic carbocycles. The molecule has 122 valence electrons. The van der Waals surface area contributed by atoms with Crippen LogP contribution in [0.4, 0.5) is 5.69 Å². The first kappa shape index (κ1) is 16.7. The van der Waals surface area contributed by atoms with Gasteiger partial charge in [-0.25, -0.2) is 0 Å². The lowest BCUT2D eigenvalue weighted by Gasteiger charge is -2.11. The Hall–Kier alpha value is -2.16. The first-order valence-electron chi connectivity index (χ1n) is 7.66. The summed E-state index contributed by atoms with van der Waals surface area (Å²) in [7, 11) is 0. The summed E-state index contributed by atoms with van der Waals surface area (Å²) in [5.74, 6) is 0.682. The van der Waals surface area contributed by atoms with Gasteiger partial charge in [-0.3, -0.25) is 0 Å². The zero-order chi connectivity index (χ0) is 16.8. The average molecular weight is 358 g/mol. The van der Waals surface area contributed by atoms with Crippen LogP contribution in [0.15, 0.2) is 72.8 Å². The summed E-state index contributed by atoms with van der Waals surface area (Å²) in [5, 5.41) is 4.60. The minimum Gasteiger partial charge on any atom is -0.487 e. The number of rotatable bonds is 6. The molecule has 4 heteroatoms. The molecule has 3 rings (SSSR count). The summed E-state index contributed by atoms with van der Waals surface area (Å²) < 4.78 is 5.79. The zero-order valence-corrected chi connectivity index (χ0v) is 14.5. The van der Waals surface area contributed by atoms with Crippen LogP contribution in [0.1, 0.15) is 11.1 Å². The van der Waals surface area contributed by atoms with Gasteiger partial charge in [0.1, 0.15) is 12.4 Å². The number of halogens is 2. The molecule has 0 atom stereocenters. The highest BCUT2D eigenvalue weighted by molar-refractivity contribution is 6.33. The van der Waals surface area contributed by atoms with Crippen LogP contribution < -0.4 is 10.1 Å². The lowest BCUT2D eigenvalue weighted by molar-refractivity contribution is 0.306. The lowest BCUT2D eigenvalue weighted by atomic mass is 10.2. The highest BCUT2D eigenvalue weighted by atomic mass is 35.5. The molecule has 24 heavy (non-hydrogen) atoms. The third kappa shape index (κ3) is 4.44. The van der Waals surface area contributed by atoms with Crippen LogP contribution in [-0.2, 0) is 13.2 Å².